The van der Waals surface area contributed by atoms with Crippen molar-refractivity contribution >= 4 is 17.3 Å². The molecule has 4 nitrogen and oxygen atoms in total. The smallest absolute Gasteiger partial charge is 0.340 e. The number of nitrogen functional groups attached to an aromatic ring is 2. The monoisotopic (exact) mass is 208 g/mol. The van der Waals surface area contributed by atoms with Gasteiger partial charge in [-0.1, -0.05) is 13.0 Å². The normalized spacial score (nSPS) is 10.0. The molecule has 0 aromatic heterocycles. The first-order chi connectivity index (χ1) is 7.11. The highest BCUT2D eigenvalue weighted by Gasteiger charge is 2.14. The summed E-state index contributed by atoms with van der Waals surface area (Å²) in [5.41, 5.74) is 13.6. The van der Waals surface area contributed by atoms with Gasteiger partial charge >= 0.3 is 5.97 Å². The van der Waals surface area contributed by atoms with Crippen molar-refractivity contribution in [3.05, 3.63) is 23.3 Å². The van der Waals surface area contributed by atoms with E-state index < -0.39 is 5.97 Å². The number of anilines is 2. The van der Waals surface area contributed by atoms with Crippen LogP contribution >= 0.6 is 0 Å². The lowest BCUT2D eigenvalue weighted by Gasteiger charge is -2.10. The second-order valence-electron chi connectivity index (χ2n) is 3.17. The van der Waals surface area contributed by atoms with Crippen LogP contribution in [-0.4, -0.2) is 12.6 Å². The molecular weight excluding hydrogens is 192 g/mol. The number of carbonyl (C=O) groups is 1. The molecule has 0 saturated heterocycles. The molecule has 0 bridgehead atoms. The van der Waals surface area contributed by atoms with Crippen molar-refractivity contribution in [1.82, 2.24) is 0 Å². The Kier molecular flexibility index (Phi) is 3.55. The van der Waals surface area contributed by atoms with Crippen molar-refractivity contribution in [3.8, 4) is 0 Å². The molecule has 4 N–H and O–H groups in total. The van der Waals surface area contributed by atoms with Gasteiger partial charge < -0.3 is 16.2 Å². The maximum Gasteiger partial charge on any atom is 0.340 e. The fourth-order valence-corrected chi connectivity index (χ4v) is 1.38. The van der Waals surface area contributed by atoms with Crippen LogP contribution in [0.25, 0.3) is 0 Å². The Morgan fingerprint density at radius 2 is 1.93 bits per heavy atom. The number of carbonyl (C=O) groups excluding carboxylic acids is 1. The molecule has 0 saturated carbocycles. The lowest BCUT2D eigenvalue weighted by atomic mass is 10.0. The van der Waals surface area contributed by atoms with Crippen molar-refractivity contribution in [2.45, 2.75) is 20.3 Å². The minimum atomic E-state index is -0.427. The first kappa shape index (κ1) is 11.4. The average Bonchev–Trinajstić information content (AvgIpc) is 2.22. The molecule has 1 aromatic carbocycles. The van der Waals surface area contributed by atoms with Gasteiger partial charge in [-0.3, -0.25) is 0 Å². The molecule has 0 aliphatic rings. The van der Waals surface area contributed by atoms with Gasteiger partial charge in [-0.2, -0.15) is 0 Å². The van der Waals surface area contributed by atoms with Crippen molar-refractivity contribution < 1.29 is 9.53 Å². The van der Waals surface area contributed by atoms with Crippen LogP contribution in [-0.2, 0) is 11.2 Å². The zero-order valence-electron chi connectivity index (χ0n) is 9.04. The van der Waals surface area contributed by atoms with E-state index in [0.29, 0.717) is 23.5 Å². The molecule has 4 heteroatoms. The topological polar surface area (TPSA) is 78.3 Å². The van der Waals surface area contributed by atoms with E-state index >= 15 is 0 Å². The first-order valence-electron chi connectivity index (χ1n) is 4.95. The summed E-state index contributed by atoms with van der Waals surface area (Å²) in [6, 6.07) is 3.46. The van der Waals surface area contributed by atoms with Gasteiger partial charge in [0.2, 0.25) is 0 Å². The van der Waals surface area contributed by atoms with Gasteiger partial charge in [0.25, 0.3) is 0 Å². The quantitative estimate of drug-likeness (QED) is 0.584. The molecule has 82 valence electrons. The molecule has 0 unspecified atom stereocenters. The van der Waals surface area contributed by atoms with Crippen LogP contribution in [0.3, 0.4) is 0 Å². The standard InChI is InChI=1S/C11H16N2O2/c1-3-7-5-6-8(10(13)9(7)12)11(14)15-4-2/h5-6H,3-4,12-13H2,1-2H3. The maximum absolute atomic E-state index is 11.5. The van der Waals surface area contributed by atoms with Crippen LogP contribution in [0.5, 0.6) is 0 Å². The Labute approximate surface area is 89.2 Å². The maximum atomic E-state index is 11.5. The molecular formula is C11H16N2O2. The largest absolute Gasteiger partial charge is 0.462 e. The third-order valence-corrected chi connectivity index (χ3v) is 2.25. The molecule has 0 atom stereocenters. The highest BCUT2D eigenvalue weighted by molar-refractivity contribution is 5.98. The number of hydrogen-bond acceptors (Lipinski definition) is 4. The van der Waals surface area contributed by atoms with Crippen LogP contribution in [0, 0.1) is 0 Å². The van der Waals surface area contributed by atoms with E-state index in [1.165, 1.54) is 0 Å². The number of benzene rings is 1. The Morgan fingerprint density at radius 3 is 2.47 bits per heavy atom. The summed E-state index contributed by atoms with van der Waals surface area (Å²) in [5, 5.41) is 0. The van der Waals surface area contributed by atoms with E-state index in [4.69, 9.17) is 16.2 Å². The van der Waals surface area contributed by atoms with E-state index in [0.717, 1.165) is 12.0 Å². The fourth-order valence-electron chi connectivity index (χ4n) is 1.38. The number of hydrogen-bond donors (Lipinski definition) is 2. The first-order valence-corrected chi connectivity index (χ1v) is 4.95. The summed E-state index contributed by atoms with van der Waals surface area (Å²) < 4.78 is 4.86. The fraction of sp³-hybridized carbons (Fsp3) is 0.364. The molecule has 0 aliphatic heterocycles. The summed E-state index contributed by atoms with van der Waals surface area (Å²) in [4.78, 5) is 11.5. The Hall–Kier alpha value is -1.71. The molecule has 0 spiro atoms. The predicted molar refractivity (Wildman–Crippen MR) is 60.6 cm³/mol. The van der Waals surface area contributed by atoms with Crippen molar-refractivity contribution in [2.75, 3.05) is 18.1 Å². The highest BCUT2D eigenvalue weighted by Crippen LogP contribution is 2.25. The summed E-state index contributed by atoms with van der Waals surface area (Å²) in [6.45, 7) is 4.06. The summed E-state index contributed by atoms with van der Waals surface area (Å²) >= 11 is 0. The van der Waals surface area contributed by atoms with E-state index in [2.05, 4.69) is 0 Å². The number of ether oxygens (including phenoxy) is 1. The van der Waals surface area contributed by atoms with Crippen LogP contribution < -0.4 is 11.5 Å². The predicted octanol–water partition coefficient (Wildman–Crippen LogP) is 1.59. The Balaban J connectivity index is 3.11. The second-order valence-corrected chi connectivity index (χ2v) is 3.17. The van der Waals surface area contributed by atoms with E-state index in [-0.39, 0.29) is 0 Å². The molecule has 0 heterocycles. The molecule has 0 fully saturated rings. The molecule has 0 radical (unpaired) electrons. The summed E-state index contributed by atoms with van der Waals surface area (Å²) in [5.74, 6) is -0.427. The minimum Gasteiger partial charge on any atom is -0.462 e. The van der Waals surface area contributed by atoms with E-state index in [1.54, 1.807) is 19.1 Å². The van der Waals surface area contributed by atoms with Gasteiger partial charge in [-0.25, -0.2) is 4.79 Å². The molecule has 15 heavy (non-hydrogen) atoms. The van der Waals surface area contributed by atoms with E-state index in [9.17, 15) is 4.79 Å². The Morgan fingerprint density at radius 1 is 1.27 bits per heavy atom. The third kappa shape index (κ3) is 2.21. The molecule has 0 amide bonds. The molecule has 0 aliphatic carbocycles. The lowest BCUT2D eigenvalue weighted by molar-refractivity contribution is 0.0527. The van der Waals surface area contributed by atoms with Gasteiger partial charge in [-0.15, -0.1) is 0 Å². The van der Waals surface area contributed by atoms with Crippen molar-refractivity contribution in [3.63, 3.8) is 0 Å². The SMILES string of the molecule is CCOC(=O)c1ccc(CC)c(N)c1N. The summed E-state index contributed by atoms with van der Waals surface area (Å²) in [6.07, 6.45) is 0.791. The number of rotatable bonds is 3. The van der Waals surface area contributed by atoms with Crippen molar-refractivity contribution in [2.24, 2.45) is 0 Å². The van der Waals surface area contributed by atoms with Gasteiger partial charge in [-0.05, 0) is 25.0 Å². The zero-order valence-corrected chi connectivity index (χ0v) is 9.04. The van der Waals surface area contributed by atoms with Crippen LogP contribution in [0.4, 0.5) is 11.4 Å². The van der Waals surface area contributed by atoms with Crippen LogP contribution in [0.1, 0.15) is 29.8 Å². The van der Waals surface area contributed by atoms with Gasteiger partial charge in [0.15, 0.2) is 0 Å². The number of nitrogens with two attached hydrogens (primary N) is 2. The highest BCUT2D eigenvalue weighted by atomic mass is 16.5. The molecule has 1 aromatic rings. The minimum absolute atomic E-state index is 0.313. The van der Waals surface area contributed by atoms with Gasteiger partial charge in [0.1, 0.15) is 0 Å². The lowest BCUT2D eigenvalue weighted by Crippen LogP contribution is -2.10. The van der Waals surface area contributed by atoms with Crippen LogP contribution in [0.2, 0.25) is 0 Å². The summed E-state index contributed by atoms with van der Waals surface area (Å²) in [7, 11) is 0. The second kappa shape index (κ2) is 4.68. The average molecular weight is 208 g/mol. The number of aryl methyl sites for hydroxylation is 1. The Bertz CT molecular complexity index is 375. The van der Waals surface area contributed by atoms with E-state index in [1.807, 2.05) is 6.92 Å². The zero-order chi connectivity index (χ0) is 11.4. The van der Waals surface area contributed by atoms with Gasteiger partial charge in [0, 0.05) is 0 Å². The number of esters is 1. The van der Waals surface area contributed by atoms with Crippen molar-refractivity contribution in [1.29, 1.82) is 0 Å². The third-order valence-electron chi connectivity index (χ3n) is 2.25. The van der Waals surface area contributed by atoms with Crippen LogP contribution in [0.15, 0.2) is 12.1 Å². The van der Waals surface area contributed by atoms with Gasteiger partial charge in [0.05, 0.1) is 23.5 Å². The molecule has 1 rings (SSSR count).